The second-order valence-corrected chi connectivity index (χ2v) is 3.74. The van der Waals surface area contributed by atoms with E-state index in [4.69, 9.17) is 5.11 Å². The maximum Gasteiger partial charge on any atom is 0.0791 e. The topological polar surface area (TPSA) is 33.1 Å². The Labute approximate surface area is 107 Å². The van der Waals surface area contributed by atoms with Crippen LogP contribution in [0.3, 0.4) is 0 Å². The number of hydrogen-bond acceptors (Lipinski definition) is 3. The van der Waals surface area contributed by atoms with Crippen molar-refractivity contribution in [3.8, 4) is 0 Å². The molecule has 0 unspecified atom stereocenters. The molecular weight excluding hydrogens is 238 g/mol. The van der Waals surface area contributed by atoms with E-state index < -0.39 is 0 Å². The third-order valence-electron chi connectivity index (χ3n) is 1.81. The molecule has 0 bridgehead atoms. The minimum atomic E-state index is 0. The standard InChI is InChI=1S/C9H12O.C3H3NS.H2S/c10-8-4-7-9-5-2-1-3-6-9;1-2-5-3-4-1;/h1-3,5-6,10H,4,7-8H2;1-3H;1H2. The monoisotopic (exact) mass is 255 g/mol. The smallest absolute Gasteiger partial charge is 0.0791 e. The lowest BCUT2D eigenvalue weighted by molar-refractivity contribution is 0.288. The molecule has 1 aromatic heterocycles. The Hall–Kier alpha value is -0.840. The van der Waals surface area contributed by atoms with Crippen LogP contribution in [0.25, 0.3) is 0 Å². The van der Waals surface area contributed by atoms with E-state index in [2.05, 4.69) is 17.1 Å². The van der Waals surface area contributed by atoms with Crippen LogP contribution >= 0.6 is 24.8 Å². The second kappa shape index (κ2) is 10.7. The van der Waals surface area contributed by atoms with Crippen LogP contribution in [0.2, 0.25) is 0 Å². The summed E-state index contributed by atoms with van der Waals surface area (Å²) in [6.07, 6.45) is 3.62. The van der Waals surface area contributed by atoms with Crippen molar-refractivity contribution >= 4 is 24.8 Å². The molecule has 2 nitrogen and oxygen atoms in total. The lowest BCUT2D eigenvalue weighted by Gasteiger charge is -1.96. The molecule has 0 radical (unpaired) electrons. The van der Waals surface area contributed by atoms with E-state index >= 15 is 0 Å². The fourth-order valence-electron chi connectivity index (χ4n) is 1.10. The van der Waals surface area contributed by atoms with Crippen LogP contribution in [-0.4, -0.2) is 16.7 Å². The molecule has 0 amide bonds. The van der Waals surface area contributed by atoms with Crippen LogP contribution in [0.1, 0.15) is 12.0 Å². The SMILES string of the molecule is OCCCc1ccccc1.S.c1cscn1. The summed E-state index contributed by atoms with van der Waals surface area (Å²) < 4.78 is 0. The average Bonchev–Trinajstić information content (AvgIpc) is 2.86. The van der Waals surface area contributed by atoms with Crippen LogP contribution < -0.4 is 0 Å². The Morgan fingerprint density at radius 1 is 1.19 bits per heavy atom. The summed E-state index contributed by atoms with van der Waals surface area (Å²) in [5.74, 6) is 0. The van der Waals surface area contributed by atoms with Crippen molar-refractivity contribution < 1.29 is 5.11 Å². The molecule has 1 aromatic carbocycles. The van der Waals surface area contributed by atoms with Crippen molar-refractivity contribution in [2.24, 2.45) is 0 Å². The number of thiazole rings is 1. The molecule has 0 fully saturated rings. The van der Waals surface area contributed by atoms with E-state index in [0.29, 0.717) is 0 Å². The van der Waals surface area contributed by atoms with Crippen molar-refractivity contribution in [1.82, 2.24) is 4.98 Å². The zero-order valence-electron chi connectivity index (χ0n) is 9.04. The van der Waals surface area contributed by atoms with Gasteiger partial charge in [-0.05, 0) is 18.4 Å². The molecule has 2 aromatic rings. The van der Waals surface area contributed by atoms with Crippen LogP contribution in [0.15, 0.2) is 47.4 Å². The largest absolute Gasteiger partial charge is 0.396 e. The quantitative estimate of drug-likeness (QED) is 0.915. The first-order valence-corrected chi connectivity index (χ1v) is 5.84. The van der Waals surface area contributed by atoms with Gasteiger partial charge in [0.2, 0.25) is 0 Å². The first-order valence-electron chi connectivity index (χ1n) is 4.90. The van der Waals surface area contributed by atoms with E-state index in [1.807, 2.05) is 23.6 Å². The molecule has 0 aliphatic heterocycles. The average molecular weight is 255 g/mol. The number of aromatic nitrogens is 1. The maximum atomic E-state index is 8.53. The van der Waals surface area contributed by atoms with E-state index in [0.717, 1.165) is 12.8 Å². The number of benzene rings is 1. The minimum absolute atomic E-state index is 0. The summed E-state index contributed by atoms with van der Waals surface area (Å²) in [5.41, 5.74) is 3.09. The zero-order chi connectivity index (χ0) is 10.8. The molecule has 0 saturated carbocycles. The number of nitrogens with zero attached hydrogens (tertiary/aromatic N) is 1. The Morgan fingerprint density at radius 2 is 1.94 bits per heavy atom. The van der Waals surface area contributed by atoms with Crippen LogP contribution in [-0.2, 0) is 6.42 Å². The molecule has 88 valence electrons. The molecule has 0 saturated heterocycles. The number of rotatable bonds is 3. The Kier molecular flexibility index (Phi) is 10.1. The van der Waals surface area contributed by atoms with Crippen molar-refractivity contribution in [2.75, 3.05) is 6.61 Å². The van der Waals surface area contributed by atoms with E-state index in [-0.39, 0.29) is 20.1 Å². The second-order valence-electron chi connectivity index (χ2n) is 2.99. The molecule has 2 rings (SSSR count). The van der Waals surface area contributed by atoms with Gasteiger partial charge in [-0.3, -0.25) is 4.98 Å². The first kappa shape index (κ1) is 15.2. The molecule has 0 spiro atoms. The number of aryl methyl sites for hydroxylation is 1. The minimum Gasteiger partial charge on any atom is -0.396 e. The van der Waals surface area contributed by atoms with Gasteiger partial charge in [0.1, 0.15) is 0 Å². The molecule has 0 atom stereocenters. The zero-order valence-corrected chi connectivity index (χ0v) is 10.9. The molecule has 0 aliphatic carbocycles. The summed E-state index contributed by atoms with van der Waals surface area (Å²) in [6, 6.07) is 10.2. The number of hydrogen-bond donors (Lipinski definition) is 1. The summed E-state index contributed by atoms with van der Waals surface area (Å²) >= 11 is 1.60. The van der Waals surface area contributed by atoms with Crippen molar-refractivity contribution in [3.05, 3.63) is 53.0 Å². The van der Waals surface area contributed by atoms with Crippen molar-refractivity contribution in [2.45, 2.75) is 12.8 Å². The molecule has 0 aliphatic rings. The van der Waals surface area contributed by atoms with Crippen LogP contribution in [0.4, 0.5) is 0 Å². The fraction of sp³-hybridized carbons (Fsp3) is 0.250. The molecule has 1 heterocycles. The van der Waals surface area contributed by atoms with Gasteiger partial charge in [0, 0.05) is 18.2 Å². The lowest BCUT2D eigenvalue weighted by atomic mass is 10.1. The highest BCUT2D eigenvalue weighted by Crippen LogP contribution is 2.00. The summed E-state index contributed by atoms with van der Waals surface area (Å²) in [7, 11) is 0. The van der Waals surface area contributed by atoms with Crippen LogP contribution in [0, 0.1) is 0 Å². The van der Waals surface area contributed by atoms with Crippen molar-refractivity contribution in [1.29, 1.82) is 0 Å². The van der Waals surface area contributed by atoms with Crippen molar-refractivity contribution in [3.63, 3.8) is 0 Å². The number of aliphatic hydroxyl groups excluding tert-OH is 1. The van der Waals surface area contributed by atoms with E-state index in [1.54, 1.807) is 23.0 Å². The van der Waals surface area contributed by atoms with Crippen LogP contribution in [0.5, 0.6) is 0 Å². The molecular formula is C12H17NOS2. The highest BCUT2D eigenvalue weighted by atomic mass is 32.1. The highest BCUT2D eigenvalue weighted by Gasteiger charge is 1.88. The fourth-order valence-corrected chi connectivity index (χ4v) is 1.45. The number of aliphatic hydroxyl groups is 1. The summed E-state index contributed by atoms with van der Waals surface area (Å²) in [5, 5.41) is 10.5. The van der Waals surface area contributed by atoms with Gasteiger partial charge < -0.3 is 5.11 Å². The molecule has 4 heteroatoms. The Bertz CT molecular complexity index is 307. The van der Waals surface area contributed by atoms with E-state index in [9.17, 15) is 0 Å². The lowest BCUT2D eigenvalue weighted by Crippen LogP contribution is -1.87. The maximum absolute atomic E-state index is 8.53. The van der Waals surface area contributed by atoms with Gasteiger partial charge in [0.05, 0.1) is 5.51 Å². The third-order valence-corrected chi connectivity index (χ3v) is 2.34. The summed E-state index contributed by atoms with van der Waals surface area (Å²) in [6.45, 7) is 0.287. The van der Waals surface area contributed by atoms with Gasteiger partial charge in [0.15, 0.2) is 0 Å². The Balaban J connectivity index is 0.000000318. The molecule has 16 heavy (non-hydrogen) atoms. The third kappa shape index (κ3) is 7.45. The predicted molar refractivity (Wildman–Crippen MR) is 74.3 cm³/mol. The van der Waals surface area contributed by atoms with Gasteiger partial charge in [-0.25, -0.2) is 0 Å². The Morgan fingerprint density at radius 3 is 2.38 bits per heavy atom. The first-order chi connectivity index (χ1) is 7.43. The van der Waals surface area contributed by atoms with Gasteiger partial charge in [-0.15, -0.1) is 11.3 Å². The normalized spacial score (nSPS) is 8.56. The predicted octanol–water partition coefficient (Wildman–Crippen LogP) is 2.87. The van der Waals surface area contributed by atoms with Gasteiger partial charge in [-0.1, -0.05) is 30.3 Å². The highest BCUT2D eigenvalue weighted by molar-refractivity contribution is 7.59. The summed E-state index contributed by atoms with van der Waals surface area (Å²) in [4.78, 5) is 3.74. The van der Waals surface area contributed by atoms with Gasteiger partial charge in [-0.2, -0.15) is 13.5 Å². The molecule has 1 N–H and O–H groups in total. The van der Waals surface area contributed by atoms with Gasteiger partial charge in [0.25, 0.3) is 0 Å². The van der Waals surface area contributed by atoms with E-state index in [1.165, 1.54) is 5.56 Å². The van der Waals surface area contributed by atoms with Gasteiger partial charge >= 0.3 is 0 Å².